The van der Waals surface area contributed by atoms with E-state index < -0.39 is 11.8 Å². The summed E-state index contributed by atoms with van der Waals surface area (Å²) in [6, 6.07) is 12.8. The van der Waals surface area contributed by atoms with Crippen LogP contribution in [0.3, 0.4) is 0 Å². The average Bonchev–Trinajstić information content (AvgIpc) is 3.73. The number of carboxylic acid groups (broad SMARTS) is 1. The van der Waals surface area contributed by atoms with E-state index in [1.807, 2.05) is 36.1 Å². The van der Waals surface area contributed by atoms with Crippen LogP contribution in [-0.4, -0.2) is 75.6 Å². The second-order valence-electron chi connectivity index (χ2n) is 13.1. The molecule has 0 radical (unpaired) electrons. The molecule has 2 N–H and O–H groups in total. The zero-order valence-electron chi connectivity index (χ0n) is 28.2. The third-order valence-electron chi connectivity index (χ3n) is 9.35. The molecule has 50 heavy (non-hydrogen) atoms. The van der Waals surface area contributed by atoms with Crippen LogP contribution in [0.2, 0.25) is 0 Å². The number of hydrogen-bond acceptors (Lipinski definition) is 10. The van der Waals surface area contributed by atoms with E-state index in [0.29, 0.717) is 46.6 Å². The molecule has 0 bridgehead atoms. The van der Waals surface area contributed by atoms with Gasteiger partial charge in [0.2, 0.25) is 0 Å². The lowest BCUT2D eigenvalue weighted by Crippen LogP contribution is -2.47. The van der Waals surface area contributed by atoms with Crippen molar-refractivity contribution in [1.29, 1.82) is 0 Å². The monoisotopic (exact) mass is 712 g/mol. The number of ether oxygens (including phenoxy) is 1. The molecule has 0 amide bonds. The Morgan fingerprint density at radius 1 is 1.10 bits per heavy atom. The lowest BCUT2D eigenvalue weighted by atomic mass is 10.0. The molecule has 0 spiro atoms. The molecule has 0 unspecified atom stereocenters. The van der Waals surface area contributed by atoms with Crippen LogP contribution in [-0.2, 0) is 12.8 Å². The number of quaternary nitrogens is 1. The minimum atomic E-state index is -1.09. The number of aromatic carboxylic acids is 1. The van der Waals surface area contributed by atoms with Crippen molar-refractivity contribution in [3.8, 4) is 17.6 Å². The molecular weight excluding hydrogens is 674 g/mol. The lowest BCUT2D eigenvalue weighted by molar-refractivity contribution is -0.907. The van der Waals surface area contributed by atoms with Gasteiger partial charge in [0, 0.05) is 28.1 Å². The number of aromatic nitrogens is 4. The van der Waals surface area contributed by atoms with Crippen LogP contribution >= 0.6 is 22.7 Å². The Bertz CT molecular complexity index is 2060. The number of benzene rings is 2. The van der Waals surface area contributed by atoms with Gasteiger partial charge in [-0.1, -0.05) is 29.4 Å². The highest BCUT2D eigenvalue weighted by Gasteiger charge is 2.28. The second kappa shape index (κ2) is 14.7. The molecule has 2 aromatic carbocycles. The molecule has 0 aliphatic carbocycles. The molecule has 2 aliphatic heterocycles. The summed E-state index contributed by atoms with van der Waals surface area (Å²) in [7, 11) is 2.24. The summed E-state index contributed by atoms with van der Waals surface area (Å²) in [5.74, 6) is 6.30. The Morgan fingerprint density at radius 2 is 1.94 bits per heavy atom. The van der Waals surface area contributed by atoms with E-state index in [0.717, 1.165) is 63.4 Å². The molecule has 1 saturated heterocycles. The molecule has 1 fully saturated rings. The second-order valence-corrected chi connectivity index (χ2v) is 15.2. The van der Waals surface area contributed by atoms with Crippen molar-refractivity contribution in [2.75, 3.05) is 50.1 Å². The fraction of sp³-hybridized carbons (Fsp3) is 0.378. The van der Waals surface area contributed by atoms with Gasteiger partial charge in [-0.05, 0) is 88.1 Å². The SMILES string of the molecule is Cc1c(Nc2nc3ccccc3s2)nnc2c1CCCN2c1nc(C(=O)O)c(CCCOc2ccc(C#CC[N+]3(C)CCCCC3)cc2F)s1. The van der Waals surface area contributed by atoms with Gasteiger partial charge in [0.05, 0.1) is 37.0 Å². The fourth-order valence-corrected chi connectivity index (χ4v) is 8.57. The number of anilines is 4. The van der Waals surface area contributed by atoms with E-state index in [9.17, 15) is 14.3 Å². The van der Waals surface area contributed by atoms with Gasteiger partial charge in [-0.15, -0.1) is 21.5 Å². The zero-order valence-corrected chi connectivity index (χ0v) is 29.8. The summed E-state index contributed by atoms with van der Waals surface area (Å²) in [6.45, 7) is 5.94. The number of carbonyl (C=O) groups is 1. The van der Waals surface area contributed by atoms with Crippen LogP contribution in [0, 0.1) is 24.6 Å². The first-order chi connectivity index (χ1) is 24.3. The van der Waals surface area contributed by atoms with Crippen LogP contribution in [0.25, 0.3) is 10.2 Å². The Balaban J connectivity index is 0.989. The van der Waals surface area contributed by atoms with Crippen molar-refractivity contribution in [2.24, 2.45) is 0 Å². The summed E-state index contributed by atoms with van der Waals surface area (Å²) in [4.78, 5) is 24.0. The highest BCUT2D eigenvalue weighted by Crippen LogP contribution is 2.39. The van der Waals surface area contributed by atoms with Crippen LogP contribution < -0.4 is 15.0 Å². The third-order valence-corrected chi connectivity index (χ3v) is 11.4. The molecule has 2 aliphatic rings. The number of hydrogen-bond donors (Lipinski definition) is 2. The number of aryl methyl sites for hydroxylation is 1. The van der Waals surface area contributed by atoms with Gasteiger partial charge in [-0.3, -0.25) is 0 Å². The van der Waals surface area contributed by atoms with Gasteiger partial charge in [0.15, 0.2) is 39.2 Å². The number of nitrogens with zero attached hydrogens (tertiary/aromatic N) is 6. The number of carboxylic acids is 1. The van der Waals surface area contributed by atoms with Crippen LogP contribution in [0.1, 0.15) is 64.2 Å². The van der Waals surface area contributed by atoms with E-state index in [4.69, 9.17) is 4.74 Å². The average molecular weight is 713 g/mol. The maximum absolute atomic E-state index is 14.9. The Labute approximate surface area is 298 Å². The molecule has 5 heterocycles. The van der Waals surface area contributed by atoms with Crippen molar-refractivity contribution in [2.45, 2.75) is 51.9 Å². The molecule has 13 heteroatoms. The smallest absolute Gasteiger partial charge is 0.355 e. The molecule has 0 saturated carbocycles. The minimum absolute atomic E-state index is 0.0192. The van der Waals surface area contributed by atoms with Gasteiger partial charge < -0.3 is 24.5 Å². The summed E-state index contributed by atoms with van der Waals surface area (Å²) in [5, 5.41) is 23.7. The van der Waals surface area contributed by atoms with Crippen molar-refractivity contribution < 1.29 is 23.5 Å². The van der Waals surface area contributed by atoms with E-state index >= 15 is 0 Å². The number of nitrogens with one attached hydrogen (secondary N) is 1. The third kappa shape index (κ3) is 7.43. The predicted molar refractivity (Wildman–Crippen MR) is 196 cm³/mol. The molecule has 10 nitrogen and oxygen atoms in total. The number of thiazole rings is 2. The van der Waals surface area contributed by atoms with Gasteiger partial charge >= 0.3 is 5.97 Å². The number of fused-ring (bicyclic) bond motifs is 2. The first-order valence-electron chi connectivity index (χ1n) is 17.0. The molecule has 7 rings (SSSR count). The largest absolute Gasteiger partial charge is 0.491 e. The maximum Gasteiger partial charge on any atom is 0.355 e. The molecule has 3 aromatic heterocycles. The number of para-hydroxylation sites is 1. The van der Waals surface area contributed by atoms with E-state index in [1.165, 1.54) is 36.7 Å². The quantitative estimate of drug-likeness (QED) is 0.0863. The summed E-state index contributed by atoms with van der Waals surface area (Å²) < 4.78 is 22.7. The summed E-state index contributed by atoms with van der Waals surface area (Å²) in [6.07, 6.45) is 6.36. The van der Waals surface area contributed by atoms with Crippen LogP contribution in [0.4, 0.5) is 26.3 Å². The number of piperidine rings is 1. The summed E-state index contributed by atoms with van der Waals surface area (Å²) in [5.41, 5.74) is 3.60. The molecule has 0 atom stereocenters. The zero-order chi connectivity index (χ0) is 34.7. The normalized spacial score (nSPS) is 15.3. The molecule has 5 aromatic rings. The Morgan fingerprint density at radius 3 is 2.74 bits per heavy atom. The Kier molecular flexibility index (Phi) is 9.94. The van der Waals surface area contributed by atoms with Crippen LogP contribution in [0.5, 0.6) is 5.75 Å². The maximum atomic E-state index is 14.9. The standard InChI is InChI=1S/C37H38FN7O3S2/c1-24-26-12-8-18-44(34(26)43-42-33(24)41-36-39-28-13-4-5-14-30(28)49-36)37-40-32(35(46)47)31(50-37)15-10-22-48-29-17-16-25(23-27(29)38)11-9-21-45(2)19-6-3-7-20-45/h4-5,13-14,16-17,23H,3,6-8,10,12,15,18-22H2,1-2H3,(H-,39,41,42,46,47)/p+1. The van der Waals surface area contributed by atoms with Crippen molar-refractivity contribution in [3.63, 3.8) is 0 Å². The van der Waals surface area contributed by atoms with Crippen molar-refractivity contribution in [3.05, 3.63) is 75.5 Å². The van der Waals surface area contributed by atoms with Crippen molar-refractivity contribution >= 4 is 60.8 Å². The van der Waals surface area contributed by atoms with Gasteiger partial charge in [-0.2, -0.15) is 0 Å². The topological polar surface area (TPSA) is 113 Å². The van der Waals surface area contributed by atoms with E-state index in [1.54, 1.807) is 23.5 Å². The number of rotatable bonds is 10. The Hall–Kier alpha value is -4.64. The first-order valence-corrected chi connectivity index (χ1v) is 18.6. The lowest BCUT2D eigenvalue weighted by Gasteiger charge is -2.35. The number of halogens is 1. The van der Waals surface area contributed by atoms with E-state index in [2.05, 4.69) is 44.4 Å². The fourth-order valence-electron chi connectivity index (χ4n) is 6.58. The first kappa shape index (κ1) is 33.8. The minimum Gasteiger partial charge on any atom is -0.491 e. The predicted octanol–water partition coefficient (Wildman–Crippen LogP) is 7.51. The van der Waals surface area contributed by atoms with Gasteiger partial charge in [-0.25, -0.2) is 19.2 Å². The highest BCUT2D eigenvalue weighted by molar-refractivity contribution is 7.22. The molecular formula is C37H39FN7O3S2+. The number of likely N-dealkylation sites (tertiary alicyclic amines) is 1. The molecule has 258 valence electrons. The summed E-state index contributed by atoms with van der Waals surface area (Å²) >= 11 is 2.90. The van der Waals surface area contributed by atoms with Crippen LogP contribution in [0.15, 0.2) is 42.5 Å². The van der Waals surface area contributed by atoms with Gasteiger partial charge in [0.25, 0.3) is 0 Å². The van der Waals surface area contributed by atoms with Crippen molar-refractivity contribution in [1.82, 2.24) is 20.2 Å². The van der Waals surface area contributed by atoms with Gasteiger partial charge in [0.1, 0.15) is 6.54 Å². The highest BCUT2D eigenvalue weighted by atomic mass is 32.1. The van der Waals surface area contributed by atoms with E-state index in [-0.39, 0.29) is 18.1 Å².